The van der Waals surface area contributed by atoms with E-state index < -0.39 is 10.0 Å². The van der Waals surface area contributed by atoms with Gasteiger partial charge in [-0.05, 0) is 37.6 Å². The molecule has 0 aliphatic carbocycles. The van der Waals surface area contributed by atoms with Crippen LogP contribution in [-0.4, -0.2) is 8.42 Å². The maximum atomic E-state index is 12.4. The number of hydrogen-bond acceptors (Lipinski definition) is 2. The first kappa shape index (κ1) is 15.2. The standard InChI is InChI=1S/C14H13Cl2NO2S/c1-9-6-7-13(10(2)8-9)20(18,19)17-14-11(15)4-3-5-12(14)16/h3-8,17H,1-2H3. The summed E-state index contributed by atoms with van der Waals surface area (Å²) < 4.78 is 27.3. The first-order valence-corrected chi connectivity index (χ1v) is 8.09. The van der Waals surface area contributed by atoms with Crippen molar-refractivity contribution in [3.05, 3.63) is 57.6 Å². The average Bonchev–Trinajstić information content (AvgIpc) is 2.33. The Labute approximate surface area is 128 Å². The Kier molecular flexibility index (Phi) is 4.28. The number of aryl methyl sites for hydroxylation is 2. The van der Waals surface area contributed by atoms with Gasteiger partial charge in [-0.15, -0.1) is 0 Å². The van der Waals surface area contributed by atoms with Crippen LogP contribution in [0.3, 0.4) is 0 Å². The molecule has 0 aliphatic heterocycles. The van der Waals surface area contributed by atoms with Crippen molar-refractivity contribution < 1.29 is 8.42 Å². The highest BCUT2D eigenvalue weighted by Gasteiger charge is 2.19. The molecule has 2 rings (SSSR count). The highest BCUT2D eigenvalue weighted by molar-refractivity contribution is 7.92. The molecule has 0 atom stereocenters. The topological polar surface area (TPSA) is 46.2 Å². The quantitative estimate of drug-likeness (QED) is 0.906. The van der Waals surface area contributed by atoms with Crippen LogP contribution in [0.4, 0.5) is 5.69 Å². The number of hydrogen-bond donors (Lipinski definition) is 1. The van der Waals surface area contributed by atoms with E-state index in [2.05, 4.69) is 4.72 Å². The molecule has 3 nitrogen and oxygen atoms in total. The largest absolute Gasteiger partial charge is 0.277 e. The van der Waals surface area contributed by atoms with E-state index in [0.29, 0.717) is 5.56 Å². The van der Waals surface area contributed by atoms with Crippen LogP contribution in [0, 0.1) is 13.8 Å². The van der Waals surface area contributed by atoms with E-state index in [-0.39, 0.29) is 20.6 Å². The number of anilines is 1. The zero-order valence-electron chi connectivity index (χ0n) is 10.9. The highest BCUT2D eigenvalue weighted by Crippen LogP contribution is 2.32. The van der Waals surface area contributed by atoms with E-state index in [1.54, 1.807) is 37.3 Å². The zero-order valence-corrected chi connectivity index (χ0v) is 13.3. The van der Waals surface area contributed by atoms with E-state index in [1.165, 1.54) is 0 Å². The van der Waals surface area contributed by atoms with Crippen molar-refractivity contribution in [2.45, 2.75) is 18.7 Å². The van der Waals surface area contributed by atoms with Gasteiger partial charge in [-0.2, -0.15) is 0 Å². The lowest BCUT2D eigenvalue weighted by atomic mass is 10.2. The SMILES string of the molecule is Cc1ccc(S(=O)(=O)Nc2c(Cl)cccc2Cl)c(C)c1. The lowest BCUT2D eigenvalue weighted by molar-refractivity contribution is 0.600. The van der Waals surface area contributed by atoms with Crippen LogP contribution < -0.4 is 4.72 Å². The van der Waals surface area contributed by atoms with Crippen molar-refractivity contribution in [2.24, 2.45) is 0 Å². The van der Waals surface area contributed by atoms with E-state index in [1.807, 2.05) is 13.0 Å². The summed E-state index contributed by atoms with van der Waals surface area (Å²) in [5.74, 6) is 0. The van der Waals surface area contributed by atoms with Gasteiger partial charge >= 0.3 is 0 Å². The van der Waals surface area contributed by atoms with Crippen LogP contribution >= 0.6 is 23.2 Å². The number of rotatable bonds is 3. The molecule has 0 saturated carbocycles. The Morgan fingerprint density at radius 1 is 1.00 bits per heavy atom. The molecule has 0 radical (unpaired) electrons. The lowest BCUT2D eigenvalue weighted by Crippen LogP contribution is -2.15. The molecular formula is C14H13Cl2NO2S. The Morgan fingerprint density at radius 2 is 1.60 bits per heavy atom. The Hall–Kier alpha value is -1.23. The third kappa shape index (κ3) is 3.08. The van der Waals surface area contributed by atoms with E-state index in [4.69, 9.17) is 23.2 Å². The summed E-state index contributed by atoms with van der Waals surface area (Å²) >= 11 is 12.0. The van der Waals surface area contributed by atoms with Gasteiger partial charge in [0.1, 0.15) is 0 Å². The van der Waals surface area contributed by atoms with Gasteiger partial charge in [0.25, 0.3) is 10.0 Å². The van der Waals surface area contributed by atoms with Gasteiger partial charge in [0.15, 0.2) is 0 Å². The Morgan fingerprint density at radius 3 is 2.15 bits per heavy atom. The summed E-state index contributed by atoms with van der Waals surface area (Å²) in [6.07, 6.45) is 0. The molecule has 1 N–H and O–H groups in total. The van der Waals surface area contributed by atoms with Crippen molar-refractivity contribution in [2.75, 3.05) is 4.72 Å². The monoisotopic (exact) mass is 329 g/mol. The van der Waals surface area contributed by atoms with Crippen molar-refractivity contribution in [1.29, 1.82) is 0 Å². The lowest BCUT2D eigenvalue weighted by Gasteiger charge is -2.13. The average molecular weight is 330 g/mol. The molecule has 6 heteroatoms. The fraction of sp³-hybridized carbons (Fsp3) is 0.143. The summed E-state index contributed by atoms with van der Waals surface area (Å²) in [6.45, 7) is 3.65. The molecule has 0 saturated heterocycles. The third-order valence-electron chi connectivity index (χ3n) is 2.82. The number of halogens is 2. The van der Waals surface area contributed by atoms with Crippen molar-refractivity contribution in [3.8, 4) is 0 Å². The van der Waals surface area contributed by atoms with Crippen LogP contribution in [0.15, 0.2) is 41.3 Å². The molecule has 0 spiro atoms. The first-order chi connectivity index (χ1) is 9.31. The predicted molar refractivity (Wildman–Crippen MR) is 83.2 cm³/mol. The Bertz CT molecular complexity index is 738. The van der Waals surface area contributed by atoms with Gasteiger partial charge in [0.05, 0.1) is 20.6 Å². The number of sulfonamides is 1. The molecule has 0 aliphatic rings. The molecule has 2 aromatic carbocycles. The summed E-state index contributed by atoms with van der Waals surface area (Å²) in [6, 6.07) is 9.93. The maximum absolute atomic E-state index is 12.4. The van der Waals surface area contributed by atoms with Gasteiger partial charge in [0.2, 0.25) is 0 Å². The molecule has 0 fully saturated rings. The van der Waals surface area contributed by atoms with E-state index >= 15 is 0 Å². The first-order valence-electron chi connectivity index (χ1n) is 5.85. The molecule has 20 heavy (non-hydrogen) atoms. The van der Waals surface area contributed by atoms with Crippen LogP contribution in [0.5, 0.6) is 0 Å². The van der Waals surface area contributed by atoms with Crippen molar-refractivity contribution in [1.82, 2.24) is 0 Å². The van der Waals surface area contributed by atoms with Crippen LogP contribution in [0.2, 0.25) is 10.0 Å². The maximum Gasteiger partial charge on any atom is 0.262 e. The number of nitrogens with one attached hydrogen (secondary N) is 1. The molecule has 106 valence electrons. The fourth-order valence-electron chi connectivity index (χ4n) is 1.89. The molecule has 2 aromatic rings. The smallest absolute Gasteiger partial charge is 0.262 e. The second-order valence-electron chi connectivity index (χ2n) is 4.47. The molecule has 0 amide bonds. The number of para-hydroxylation sites is 1. The summed E-state index contributed by atoms with van der Waals surface area (Å²) in [5.41, 5.74) is 1.86. The van der Waals surface area contributed by atoms with Gasteiger partial charge in [0, 0.05) is 0 Å². The minimum Gasteiger partial charge on any atom is -0.277 e. The van der Waals surface area contributed by atoms with E-state index in [0.717, 1.165) is 5.56 Å². The van der Waals surface area contributed by atoms with E-state index in [9.17, 15) is 8.42 Å². The second kappa shape index (κ2) is 5.64. The van der Waals surface area contributed by atoms with Crippen LogP contribution in [-0.2, 0) is 10.0 Å². The van der Waals surface area contributed by atoms with Gasteiger partial charge < -0.3 is 0 Å². The normalized spacial score (nSPS) is 11.4. The summed E-state index contributed by atoms with van der Waals surface area (Å²) in [5, 5.41) is 0.511. The second-order valence-corrected chi connectivity index (χ2v) is 6.94. The predicted octanol–water partition coefficient (Wildman–Crippen LogP) is 4.41. The van der Waals surface area contributed by atoms with Crippen LogP contribution in [0.25, 0.3) is 0 Å². The minimum atomic E-state index is -3.72. The third-order valence-corrected chi connectivity index (χ3v) is 4.96. The molecular weight excluding hydrogens is 317 g/mol. The molecule has 0 heterocycles. The van der Waals surface area contributed by atoms with Gasteiger partial charge in [-0.25, -0.2) is 8.42 Å². The fourth-order valence-corrected chi connectivity index (χ4v) is 3.82. The summed E-state index contributed by atoms with van der Waals surface area (Å²) in [4.78, 5) is 0.207. The zero-order chi connectivity index (χ0) is 14.9. The Balaban J connectivity index is 2.46. The van der Waals surface area contributed by atoms with Crippen LogP contribution in [0.1, 0.15) is 11.1 Å². The molecule has 0 unspecified atom stereocenters. The minimum absolute atomic E-state index is 0.191. The highest BCUT2D eigenvalue weighted by atomic mass is 35.5. The molecule has 0 bridgehead atoms. The van der Waals surface area contributed by atoms with Crippen molar-refractivity contribution in [3.63, 3.8) is 0 Å². The number of benzene rings is 2. The summed E-state index contributed by atoms with van der Waals surface area (Å²) in [7, 11) is -3.72. The van der Waals surface area contributed by atoms with Gasteiger partial charge in [-0.3, -0.25) is 4.72 Å². The molecule has 0 aromatic heterocycles. The van der Waals surface area contributed by atoms with Crippen molar-refractivity contribution >= 4 is 38.9 Å². The van der Waals surface area contributed by atoms with Gasteiger partial charge in [-0.1, -0.05) is 47.0 Å².